The van der Waals surface area contributed by atoms with E-state index in [1.807, 2.05) is 39.0 Å². The van der Waals surface area contributed by atoms with Crippen LogP contribution in [0.2, 0.25) is 0 Å². The molecule has 224 valence electrons. The fourth-order valence-corrected chi connectivity index (χ4v) is 6.85. The SMILES string of the molecule is CCCN(CC(=O)N(Cc1cccc(F)c1)C1CCN(C(=O)Nc2c(C)cccc2C)CC1)S(=O)(=O)c1ccccc1. The first-order valence-electron chi connectivity index (χ1n) is 14.3. The quantitative estimate of drug-likeness (QED) is 0.333. The van der Waals surface area contributed by atoms with Crippen LogP contribution in [0.1, 0.15) is 42.9 Å². The number of sulfonamides is 1. The molecule has 0 saturated carbocycles. The van der Waals surface area contributed by atoms with Crippen LogP contribution >= 0.6 is 0 Å². The van der Waals surface area contributed by atoms with Gasteiger partial charge in [-0.3, -0.25) is 4.79 Å². The third-order valence-corrected chi connectivity index (χ3v) is 9.49. The van der Waals surface area contributed by atoms with Crippen molar-refractivity contribution in [1.82, 2.24) is 14.1 Å². The largest absolute Gasteiger partial charge is 0.334 e. The lowest BCUT2D eigenvalue weighted by Gasteiger charge is -2.39. The number of carbonyl (C=O) groups is 2. The van der Waals surface area contributed by atoms with Crippen LogP contribution in [0.25, 0.3) is 0 Å². The average molecular weight is 595 g/mol. The van der Waals surface area contributed by atoms with Gasteiger partial charge in [-0.1, -0.05) is 55.5 Å². The summed E-state index contributed by atoms with van der Waals surface area (Å²) in [5.74, 6) is -0.761. The highest BCUT2D eigenvalue weighted by atomic mass is 32.2. The highest BCUT2D eigenvalue weighted by Crippen LogP contribution is 2.24. The number of urea groups is 1. The summed E-state index contributed by atoms with van der Waals surface area (Å²) in [5, 5.41) is 3.02. The molecule has 1 N–H and O–H groups in total. The first-order chi connectivity index (χ1) is 20.1. The van der Waals surface area contributed by atoms with Gasteiger partial charge in [0, 0.05) is 37.9 Å². The second-order valence-corrected chi connectivity index (χ2v) is 12.7. The Morgan fingerprint density at radius 2 is 1.60 bits per heavy atom. The minimum Gasteiger partial charge on any atom is -0.334 e. The maximum Gasteiger partial charge on any atom is 0.321 e. The Bertz CT molecular complexity index is 1470. The Hall–Kier alpha value is -3.76. The van der Waals surface area contributed by atoms with E-state index in [0.717, 1.165) is 16.8 Å². The monoisotopic (exact) mass is 594 g/mol. The molecule has 1 aliphatic rings. The molecule has 0 unspecified atom stereocenters. The van der Waals surface area contributed by atoms with Crippen molar-refractivity contribution in [3.63, 3.8) is 0 Å². The molecule has 1 saturated heterocycles. The van der Waals surface area contributed by atoms with Crippen LogP contribution in [0.15, 0.2) is 77.7 Å². The van der Waals surface area contributed by atoms with Gasteiger partial charge >= 0.3 is 6.03 Å². The van der Waals surface area contributed by atoms with Gasteiger partial charge in [0.2, 0.25) is 15.9 Å². The molecule has 0 spiro atoms. The highest BCUT2D eigenvalue weighted by molar-refractivity contribution is 7.89. The second-order valence-electron chi connectivity index (χ2n) is 10.7. The van der Waals surface area contributed by atoms with Crippen molar-refractivity contribution < 1.29 is 22.4 Å². The van der Waals surface area contributed by atoms with Gasteiger partial charge in [-0.25, -0.2) is 17.6 Å². The minimum absolute atomic E-state index is 0.131. The predicted molar refractivity (Wildman–Crippen MR) is 162 cm³/mol. The van der Waals surface area contributed by atoms with Gasteiger partial charge in [-0.05, 0) is 74.1 Å². The Morgan fingerprint density at radius 1 is 0.952 bits per heavy atom. The van der Waals surface area contributed by atoms with Crippen molar-refractivity contribution in [2.75, 3.05) is 31.5 Å². The fourth-order valence-electron chi connectivity index (χ4n) is 5.35. The van der Waals surface area contributed by atoms with E-state index in [-0.39, 0.29) is 42.5 Å². The van der Waals surface area contributed by atoms with Crippen molar-refractivity contribution in [1.29, 1.82) is 0 Å². The average Bonchev–Trinajstić information content (AvgIpc) is 2.98. The van der Waals surface area contributed by atoms with Crippen LogP contribution in [0.4, 0.5) is 14.9 Å². The number of likely N-dealkylation sites (tertiary alicyclic amines) is 1. The topological polar surface area (TPSA) is 90.0 Å². The zero-order valence-electron chi connectivity index (χ0n) is 24.4. The number of para-hydroxylation sites is 1. The van der Waals surface area contributed by atoms with E-state index in [4.69, 9.17) is 0 Å². The first kappa shape index (κ1) is 31.2. The van der Waals surface area contributed by atoms with Gasteiger partial charge < -0.3 is 15.1 Å². The number of aryl methyl sites for hydroxylation is 2. The third kappa shape index (κ3) is 7.54. The van der Waals surface area contributed by atoms with Crippen LogP contribution in [0.5, 0.6) is 0 Å². The molecule has 1 aliphatic heterocycles. The highest BCUT2D eigenvalue weighted by Gasteiger charge is 2.33. The number of halogens is 1. The Balaban J connectivity index is 1.51. The molecular formula is C32H39FN4O4S. The summed E-state index contributed by atoms with van der Waals surface area (Å²) < 4.78 is 42.1. The van der Waals surface area contributed by atoms with E-state index in [0.29, 0.717) is 37.9 Å². The molecule has 0 aromatic heterocycles. The summed E-state index contributed by atoms with van der Waals surface area (Å²) in [7, 11) is -3.89. The molecule has 1 heterocycles. The summed E-state index contributed by atoms with van der Waals surface area (Å²) in [4.78, 5) is 30.5. The number of anilines is 1. The first-order valence-corrected chi connectivity index (χ1v) is 15.8. The number of nitrogens with zero attached hydrogens (tertiary/aromatic N) is 3. The summed E-state index contributed by atoms with van der Waals surface area (Å²) in [5.41, 5.74) is 3.37. The van der Waals surface area contributed by atoms with E-state index in [9.17, 15) is 22.4 Å². The van der Waals surface area contributed by atoms with Crippen molar-refractivity contribution in [3.05, 3.63) is 95.3 Å². The smallest absolute Gasteiger partial charge is 0.321 e. The number of nitrogens with one attached hydrogen (secondary N) is 1. The van der Waals surface area contributed by atoms with Crippen molar-refractivity contribution >= 4 is 27.6 Å². The fraction of sp³-hybridized carbons (Fsp3) is 0.375. The van der Waals surface area contributed by atoms with Crippen LogP contribution < -0.4 is 5.32 Å². The normalized spacial score (nSPS) is 14.2. The van der Waals surface area contributed by atoms with Gasteiger partial charge in [-0.15, -0.1) is 0 Å². The molecule has 3 aromatic rings. The molecule has 3 amide bonds. The van der Waals surface area contributed by atoms with Crippen molar-refractivity contribution in [3.8, 4) is 0 Å². The molecule has 3 aromatic carbocycles. The lowest BCUT2D eigenvalue weighted by atomic mass is 10.0. The predicted octanol–water partition coefficient (Wildman–Crippen LogP) is 5.57. The zero-order chi connectivity index (χ0) is 30.3. The van der Waals surface area contributed by atoms with Crippen molar-refractivity contribution in [2.45, 2.75) is 57.5 Å². The van der Waals surface area contributed by atoms with Gasteiger partial charge in [0.15, 0.2) is 0 Å². The molecule has 0 bridgehead atoms. The molecule has 42 heavy (non-hydrogen) atoms. The Morgan fingerprint density at radius 3 is 2.21 bits per heavy atom. The van der Waals surface area contributed by atoms with E-state index in [1.165, 1.54) is 28.6 Å². The van der Waals surface area contributed by atoms with E-state index in [1.54, 1.807) is 40.1 Å². The number of piperidine rings is 1. The Labute approximate surface area is 248 Å². The maximum absolute atomic E-state index is 14.0. The third-order valence-electron chi connectivity index (χ3n) is 7.63. The van der Waals surface area contributed by atoms with Crippen LogP contribution in [-0.2, 0) is 21.4 Å². The van der Waals surface area contributed by atoms with Crippen LogP contribution in [0, 0.1) is 19.7 Å². The molecule has 1 fully saturated rings. The van der Waals surface area contributed by atoms with Crippen LogP contribution in [-0.4, -0.2) is 66.7 Å². The Kier molecular flexibility index (Phi) is 10.3. The van der Waals surface area contributed by atoms with Gasteiger partial charge in [0.1, 0.15) is 5.82 Å². The molecular weight excluding hydrogens is 555 g/mol. The van der Waals surface area contributed by atoms with Crippen molar-refractivity contribution in [2.24, 2.45) is 0 Å². The number of carbonyl (C=O) groups excluding carboxylic acids is 2. The molecule has 0 aliphatic carbocycles. The van der Waals surface area contributed by atoms with Crippen LogP contribution in [0.3, 0.4) is 0 Å². The number of rotatable bonds is 10. The molecule has 8 nitrogen and oxygen atoms in total. The summed E-state index contributed by atoms with van der Waals surface area (Å²) in [6.07, 6.45) is 1.57. The van der Waals surface area contributed by atoms with E-state index in [2.05, 4.69) is 5.32 Å². The number of benzene rings is 3. The minimum atomic E-state index is -3.89. The second kappa shape index (κ2) is 13.9. The maximum atomic E-state index is 14.0. The van der Waals surface area contributed by atoms with Gasteiger partial charge in [0.25, 0.3) is 0 Å². The molecule has 0 radical (unpaired) electrons. The molecule has 0 atom stereocenters. The summed E-state index contributed by atoms with van der Waals surface area (Å²) >= 11 is 0. The standard InChI is InChI=1S/C32H39FN4O4S/c1-4-18-36(42(40,41)29-14-6-5-7-15-29)23-30(38)37(22-26-12-9-13-27(33)21-26)28-16-19-35(20-17-28)32(39)34-31-24(2)10-8-11-25(31)3/h5-15,21,28H,4,16-20,22-23H2,1-3H3,(H,34,39). The molecule has 10 heteroatoms. The zero-order valence-corrected chi connectivity index (χ0v) is 25.2. The lowest BCUT2D eigenvalue weighted by Crippen LogP contribution is -2.52. The van der Waals surface area contributed by atoms with Gasteiger partial charge in [-0.2, -0.15) is 4.31 Å². The lowest BCUT2D eigenvalue weighted by molar-refractivity contribution is -0.135. The number of hydrogen-bond donors (Lipinski definition) is 1. The summed E-state index contributed by atoms with van der Waals surface area (Å²) in [6, 6.07) is 19.6. The van der Waals surface area contributed by atoms with E-state index >= 15 is 0 Å². The van der Waals surface area contributed by atoms with Gasteiger partial charge in [0.05, 0.1) is 11.4 Å². The number of amides is 3. The number of hydrogen-bond acceptors (Lipinski definition) is 4. The summed E-state index contributed by atoms with van der Waals surface area (Å²) in [6.45, 7) is 6.62. The molecule has 4 rings (SSSR count). The van der Waals surface area contributed by atoms with E-state index < -0.39 is 15.8 Å².